The van der Waals surface area contributed by atoms with Gasteiger partial charge in [0.1, 0.15) is 5.75 Å². The van der Waals surface area contributed by atoms with Gasteiger partial charge in [0, 0.05) is 6.54 Å². The van der Waals surface area contributed by atoms with E-state index < -0.39 is 0 Å². The topological polar surface area (TPSA) is 38.3 Å². The van der Waals surface area contributed by atoms with Crippen LogP contribution in [0.3, 0.4) is 0 Å². The Labute approximate surface area is 101 Å². The second-order valence-corrected chi connectivity index (χ2v) is 3.85. The molecule has 0 heterocycles. The Kier molecular flexibility index (Phi) is 3.73. The minimum Gasteiger partial charge on any atom is -0.497 e. The molecule has 1 aliphatic carbocycles. The van der Waals surface area contributed by atoms with Crippen molar-refractivity contribution in [1.29, 1.82) is 0 Å². The number of allylic oxidation sites excluding steroid dienone is 2. The second kappa shape index (κ2) is 5.46. The molecule has 1 aromatic rings. The van der Waals surface area contributed by atoms with Crippen LogP contribution < -0.4 is 10.1 Å². The molecule has 3 heteroatoms. The molecule has 0 saturated carbocycles. The van der Waals surface area contributed by atoms with Crippen LogP contribution in [-0.4, -0.2) is 18.9 Å². The quantitative estimate of drug-likeness (QED) is 0.856. The molecule has 1 N–H and O–H groups in total. The van der Waals surface area contributed by atoms with Crippen molar-refractivity contribution in [1.82, 2.24) is 5.32 Å². The predicted molar refractivity (Wildman–Crippen MR) is 66.9 cm³/mol. The average molecular weight is 229 g/mol. The summed E-state index contributed by atoms with van der Waals surface area (Å²) in [4.78, 5) is 11.5. The predicted octanol–water partition coefficient (Wildman–Crippen LogP) is 1.85. The molecule has 0 aliphatic heterocycles. The molecule has 1 atom stereocenters. The van der Waals surface area contributed by atoms with Crippen LogP contribution >= 0.6 is 0 Å². The lowest BCUT2D eigenvalue weighted by Crippen LogP contribution is -2.34. The maximum Gasteiger partial charge on any atom is 0.176 e. The van der Waals surface area contributed by atoms with Gasteiger partial charge in [-0.05, 0) is 23.8 Å². The molecular weight excluding hydrogens is 214 g/mol. The molecule has 0 amide bonds. The SMILES string of the molecule is COc1ccc(CNC2C=CC=CC2=O)cc1. The molecule has 0 spiro atoms. The minimum absolute atomic E-state index is 0.0982. The van der Waals surface area contributed by atoms with E-state index >= 15 is 0 Å². The zero-order valence-electron chi connectivity index (χ0n) is 9.72. The highest BCUT2D eigenvalue weighted by Crippen LogP contribution is 2.11. The summed E-state index contributed by atoms with van der Waals surface area (Å²) in [5, 5.41) is 3.20. The Balaban J connectivity index is 1.91. The first kappa shape index (κ1) is 11.6. The number of methoxy groups -OCH3 is 1. The number of carbonyl (C=O) groups is 1. The monoisotopic (exact) mass is 229 g/mol. The largest absolute Gasteiger partial charge is 0.497 e. The van der Waals surface area contributed by atoms with E-state index in [4.69, 9.17) is 4.74 Å². The molecule has 0 fully saturated rings. The summed E-state index contributed by atoms with van der Waals surface area (Å²) in [6.07, 6.45) is 7.10. The van der Waals surface area contributed by atoms with Gasteiger partial charge in [-0.25, -0.2) is 0 Å². The number of nitrogens with one attached hydrogen (secondary N) is 1. The van der Waals surface area contributed by atoms with Crippen LogP contribution in [0.1, 0.15) is 5.56 Å². The fraction of sp³-hybridized carbons (Fsp3) is 0.214. The number of hydrogen-bond donors (Lipinski definition) is 1. The summed E-state index contributed by atoms with van der Waals surface area (Å²) in [6.45, 7) is 0.665. The molecule has 2 rings (SSSR count). The second-order valence-electron chi connectivity index (χ2n) is 3.85. The first-order valence-electron chi connectivity index (χ1n) is 5.54. The van der Waals surface area contributed by atoms with Crippen molar-refractivity contribution in [2.45, 2.75) is 12.6 Å². The van der Waals surface area contributed by atoms with Gasteiger partial charge >= 0.3 is 0 Å². The van der Waals surface area contributed by atoms with E-state index in [-0.39, 0.29) is 11.8 Å². The van der Waals surface area contributed by atoms with E-state index in [1.807, 2.05) is 36.4 Å². The summed E-state index contributed by atoms with van der Waals surface area (Å²) in [5.74, 6) is 0.936. The van der Waals surface area contributed by atoms with Crippen LogP contribution in [0, 0.1) is 0 Å². The van der Waals surface area contributed by atoms with Gasteiger partial charge in [0.15, 0.2) is 5.78 Å². The van der Waals surface area contributed by atoms with E-state index in [0.717, 1.165) is 11.3 Å². The molecule has 0 saturated heterocycles. The van der Waals surface area contributed by atoms with Crippen LogP contribution in [0.15, 0.2) is 48.6 Å². The third kappa shape index (κ3) is 3.04. The Morgan fingerprint density at radius 3 is 2.65 bits per heavy atom. The van der Waals surface area contributed by atoms with Crippen molar-refractivity contribution in [3.8, 4) is 5.75 Å². The van der Waals surface area contributed by atoms with Crippen molar-refractivity contribution in [3.05, 3.63) is 54.1 Å². The van der Waals surface area contributed by atoms with E-state index in [2.05, 4.69) is 5.32 Å². The number of benzene rings is 1. The lowest BCUT2D eigenvalue weighted by molar-refractivity contribution is -0.115. The Hall–Kier alpha value is -1.87. The molecular formula is C14H15NO2. The Bertz CT molecular complexity index is 446. The van der Waals surface area contributed by atoms with E-state index in [1.165, 1.54) is 0 Å². The van der Waals surface area contributed by atoms with Gasteiger partial charge in [0.25, 0.3) is 0 Å². The molecule has 0 bridgehead atoms. The third-order valence-corrected chi connectivity index (χ3v) is 2.67. The van der Waals surface area contributed by atoms with Crippen LogP contribution in [-0.2, 0) is 11.3 Å². The summed E-state index contributed by atoms with van der Waals surface area (Å²) in [7, 11) is 1.64. The summed E-state index contributed by atoms with van der Waals surface area (Å²) in [5.41, 5.74) is 1.13. The van der Waals surface area contributed by atoms with Crippen molar-refractivity contribution in [2.24, 2.45) is 0 Å². The molecule has 0 aromatic heterocycles. The molecule has 88 valence electrons. The first-order valence-corrected chi connectivity index (χ1v) is 5.54. The third-order valence-electron chi connectivity index (χ3n) is 2.67. The standard InChI is InChI=1S/C14H15NO2/c1-17-12-8-6-11(7-9-12)10-15-13-4-2-3-5-14(13)16/h2-9,13,15H,10H2,1H3. The van der Waals surface area contributed by atoms with Gasteiger partial charge < -0.3 is 4.74 Å². The smallest absolute Gasteiger partial charge is 0.176 e. The summed E-state index contributed by atoms with van der Waals surface area (Å²) >= 11 is 0. The van der Waals surface area contributed by atoms with Gasteiger partial charge in [-0.3, -0.25) is 10.1 Å². The summed E-state index contributed by atoms with van der Waals surface area (Å²) < 4.78 is 5.09. The van der Waals surface area contributed by atoms with Gasteiger partial charge in [0.05, 0.1) is 13.2 Å². The Morgan fingerprint density at radius 2 is 2.00 bits per heavy atom. The van der Waals surface area contributed by atoms with Crippen molar-refractivity contribution < 1.29 is 9.53 Å². The van der Waals surface area contributed by atoms with Crippen molar-refractivity contribution in [3.63, 3.8) is 0 Å². The zero-order valence-corrected chi connectivity index (χ0v) is 9.72. The van der Waals surface area contributed by atoms with Gasteiger partial charge in [-0.2, -0.15) is 0 Å². The summed E-state index contributed by atoms with van der Waals surface area (Å²) in [6, 6.07) is 7.59. The van der Waals surface area contributed by atoms with Gasteiger partial charge in [0.2, 0.25) is 0 Å². The number of ether oxygens (including phenoxy) is 1. The molecule has 1 aliphatic rings. The lowest BCUT2D eigenvalue weighted by Gasteiger charge is -2.14. The molecule has 1 unspecified atom stereocenters. The minimum atomic E-state index is -0.206. The molecule has 3 nitrogen and oxygen atoms in total. The van der Waals surface area contributed by atoms with Crippen molar-refractivity contribution >= 4 is 5.78 Å². The number of rotatable bonds is 4. The number of carbonyl (C=O) groups excluding carboxylic acids is 1. The fourth-order valence-corrected chi connectivity index (χ4v) is 1.66. The van der Waals surface area contributed by atoms with E-state index in [0.29, 0.717) is 6.54 Å². The highest BCUT2D eigenvalue weighted by atomic mass is 16.5. The van der Waals surface area contributed by atoms with Gasteiger partial charge in [-0.1, -0.05) is 30.4 Å². The fourth-order valence-electron chi connectivity index (χ4n) is 1.66. The lowest BCUT2D eigenvalue weighted by atomic mass is 10.1. The normalized spacial score (nSPS) is 18.4. The average Bonchev–Trinajstić information content (AvgIpc) is 2.38. The zero-order chi connectivity index (χ0) is 12.1. The van der Waals surface area contributed by atoms with E-state index in [1.54, 1.807) is 19.3 Å². The van der Waals surface area contributed by atoms with Crippen LogP contribution in [0.5, 0.6) is 5.75 Å². The van der Waals surface area contributed by atoms with Gasteiger partial charge in [-0.15, -0.1) is 0 Å². The highest BCUT2D eigenvalue weighted by Gasteiger charge is 2.13. The maximum absolute atomic E-state index is 11.5. The Morgan fingerprint density at radius 1 is 1.24 bits per heavy atom. The van der Waals surface area contributed by atoms with Crippen LogP contribution in [0.2, 0.25) is 0 Å². The first-order chi connectivity index (χ1) is 8.29. The van der Waals surface area contributed by atoms with Crippen molar-refractivity contribution in [2.75, 3.05) is 7.11 Å². The van der Waals surface area contributed by atoms with E-state index in [9.17, 15) is 4.79 Å². The molecule has 1 aromatic carbocycles. The number of hydrogen-bond acceptors (Lipinski definition) is 3. The molecule has 17 heavy (non-hydrogen) atoms. The molecule has 0 radical (unpaired) electrons. The van der Waals surface area contributed by atoms with Crippen LogP contribution in [0.4, 0.5) is 0 Å². The van der Waals surface area contributed by atoms with Crippen LogP contribution in [0.25, 0.3) is 0 Å². The number of ketones is 1. The maximum atomic E-state index is 11.5. The highest BCUT2D eigenvalue weighted by molar-refractivity contribution is 5.97.